The Labute approximate surface area is 164 Å². The number of fused-ring (bicyclic) bond motifs is 1. The normalized spacial score (nSPS) is 14.0. The first-order valence-corrected chi connectivity index (χ1v) is 10.3. The summed E-state index contributed by atoms with van der Waals surface area (Å²) in [5.41, 5.74) is 1.44. The van der Waals surface area contributed by atoms with E-state index in [4.69, 9.17) is 4.74 Å². The number of benzene rings is 2. The van der Waals surface area contributed by atoms with E-state index in [1.54, 1.807) is 23.1 Å². The van der Waals surface area contributed by atoms with Crippen LogP contribution in [-0.2, 0) is 21.2 Å². The quantitative estimate of drug-likeness (QED) is 0.842. The third kappa shape index (κ3) is 3.82. The number of nitrogens with one attached hydrogen (secondary N) is 1. The standard InChI is InChI=1S/C20H23FN2O4S/c1-20(2,3)19(24)23-10-9-13-5-6-14(11-17(13)23)22-28(25,26)15-7-8-18(27-4)16(21)12-15/h5-8,11-12,22H,9-10H2,1-4H3. The zero-order valence-electron chi connectivity index (χ0n) is 16.2. The molecule has 150 valence electrons. The number of carbonyl (C=O) groups is 1. The van der Waals surface area contributed by atoms with E-state index in [2.05, 4.69) is 4.72 Å². The van der Waals surface area contributed by atoms with E-state index >= 15 is 0 Å². The molecule has 1 aliphatic heterocycles. The van der Waals surface area contributed by atoms with Gasteiger partial charge in [-0.1, -0.05) is 26.8 Å². The van der Waals surface area contributed by atoms with Crippen molar-refractivity contribution < 1.29 is 22.3 Å². The van der Waals surface area contributed by atoms with Gasteiger partial charge in [0.25, 0.3) is 10.0 Å². The molecule has 0 fully saturated rings. The topological polar surface area (TPSA) is 75.7 Å². The van der Waals surface area contributed by atoms with Crippen LogP contribution in [0.4, 0.5) is 15.8 Å². The molecule has 1 N–H and O–H groups in total. The maximum absolute atomic E-state index is 13.9. The lowest BCUT2D eigenvalue weighted by molar-refractivity contribution is -0.125. The van der Waals surface area contributed by atoms with Crippen LogP contribution in [-0.4, -0.2) is 28.0 Å². The number of anilines is 2. The number of hydrogen-bond acceptors (Lipinski definition) is 4. The van der Waals surface area contributed by atoms with Gasteiger partial charge in [-0.15, -0.1) is 0 Å². The molecule has 0 radical (unpaired) electrons. The van der Waals surface area contributed by atoms with Crippen LogP contribution in [0.25, 0.3) is 0 Å². The average molecular weight is 406 g/mol. The Morgan fingerprint density at radius 3 is 2.50 bits per heavy atom. The molecule has 1 aliphatic rings. The van der Waals surface area contributed by atoms with Gasteiger partial charge in [0.1, 0.15) is 0 Å². The number of amides is 1. The lowest BCUT2D eigenvalue weighted by Gasteiger charge is -2.26. The van der Waals surface area contributed by atoms with Crippen molar-refractivity contribution in [1.82, 2.24) is 0 Å². The third-order valence-corrected chi connectivity index (χ3v) is 5.93. The summed E-state index contributed by atoms with van der Waals surface area (Å²) in [7, 11) is -2.69. The van der Waals surface area contributed by atoms with E-state index in [9.17, 15) is 17.6 Å². The van der Waals surface area contributed by atoms with Crippen molar-refractivity contribution >= 4 is 27.3 Å². The number of methoxy groups -OCH3 is 1. The molecule has 1 amide bonds. The molecule has 0 saturated heterocycles. The highest BCUT2D eigenvalue weighted by Gasteiger charge is 2.32. The zero-order chi connectivity index (χ0) is 20.7. The van der Waals surface area contributed by atoms with Crippen molar-refractivity contribution in [3.63, 3.8) is 0 Å². The Hall–Kier alpha value is -2.61. The Morgan fingerprint density at radius 2 is 1.89 bits per heavy atom. The monoisotopic (exact) mass is 406 g/mol. The Bertz CT molecular complexity index is 1030. The van der Waals surface area contributed by atoms with Gasteiger partial charge in [-0.05, 0) is 42.3 Å². The lowest BCUT2D eigenvalue weighted by Crippen LogP contribution is -2.38. The molecule has 0 unspecified atom stereocenters. The summed E-state index contributed by atoms with van der Waals surface area (Å²) < 4.78 is 46.4. The fourth-order valence-electron chi connectivity index (χ4n) is 3.09. The van der Waals surface area contributed by atoms with Crippen LogP contribution >= 0.6 is 0 Å². The van der Waals surface area contributed by atoms with Gasteiger partial charge in [-0.3, -0.25) is 9.52 Å². The SMILES string of the molecule is COc1ccc(S(=O)(=O)Nc2ccc3c(c2)N(C(=O)C(C)(C)C)CC3)cc1F. The number of hydrogen-bond donors (Lipinski definition) is 1. The van der Waals surface area contributed by atoms with Crippen LogP contribution in [0, 0.1) is 11.2 Å². The molecule has 8 heteroatoms. The highest BCUT2D eigenvalue weighted by Crippen LogP contribution is 2.34. The second-order valence-electron chi connectivity index (χ2n) is 7.70. The van der Waals surface area contributed by atoms with Crippen molar-refractivity contribution in [3.8, 4) is 5.75 Å². The third-order valence-electron chi connectivity index (χ3n) is 4.55. The summed E-state index contributed by atoms with van der Waals surface area (Å²) in [6.07, 6.45) is 0.716. The first kappa shape index (κ1) is 20.1. The Balaban J connectivity index is 1.90. The van der Waals surface area contributed by atoms with Gasteiger partial charge >= 0.3 is 0 Å². The van der Waals surface area contributed by atoms with Gasteiger partial charge < -0.3 is 9.64 Å². The Morgan fingerprint density at radius 1 is 1.18 bits per heavy atom. The highest BCUT2D eigenvalue weighted by molar-refractivity contribution is 7.92. The first-order chi connectivity index (χ1) is 13.0. The molecule has 0 aromatic heterocycles. The molecule has 0 saturated carbocycles. The number of sulfonamides is 1. The van der Waals surface area contributed by atoms with Crippen molar-refractivity contribution in [2.45, 2.75) is 32.1 Å². The second kappa shape index (κ2) is 7.09. The summed E-state index contributed by atoms with van der Waals surface area (Å²) in [4.78, 5) is 14.1. The molecule has 28 heavy (non-hydrogen) atoms. The summed E-state index contributed by atoms with van der Waals surface area (Å²) in [5, 5.41) is 0. The molecule has 0 bridgehead atoms. The minimum Gasteiger partial charge on any atom is -0.494 e. The van der Waals surface area contributed by atoms with Crippen LogP contribution in [0.2, 0.25) is 0 Å². The molecule has 1 heterocycles. The van der Waals surface area contributed by atoms with Gasteiger partial charge in [0.05, 0.1) is 17.7 Å². The van der Waals surface area contributed by atoms with Crippen LogP contribution in [0.1, 0.15) is 26.3 Å². The molecule has 2 aromatic rings. The van der Waals surface area contributed by atoms with Gasteiger partial charge in [-0.2, -0.15) is 0 Å². The van der Waals surface area contributed by atoms with Crippen molar-refractivity contribution in [2.24, 2.45) is 5.41 Å². The van der Waals surface area contributed by atoms with Crippen molar-refractivity contribution in [3.05, 3.63) is 47.8 Å². The van der Waals surface area contributed by atoms with E-state index in [1.807, 2.05) is 20.8 Å². The summed E-state index contributed by atoms with van der Waals surface area (Å²) in [5.74, 6) is -0.822. The predicted molar refractivity (Wildman–Crippen MR) is 106 cm³/mol. The number of ether oxygens (including phenoxy) is 1. The molecule has 2 aromatic carbocycles. The molecule has 0 atom stereocenters. The predicted octanol–water partition coefficient (Wildman–Crippen LogP) is 3.57. The van der Waals surface area contributed by atoms with E-state index < -0.39 is 21.3 Å². The van der Waals surface area contributed by atoms with E-state index in [1.165, 1.54) is 19.2 Å². The number of nitrogens with zero attached hydrogens (tertiary/aromatic N) is 1. The second-order valence-corrected chi connectivity index (χ2v) is 9.38. The molecular formula is C20H23FN2O4S. The molecule has 3 rings (SSSR count). The van der Waals surface area contributed by atoms with Crippen LogP contribution < -0.4 is 14.4 Å². The molecule has 0 aliphatic carbocycles. The highest BCUT2D eigenvalue weighted by atomic mass is 32.2. The fraction of sp³-hybridized carbons (Fsp3) is 0.350. The molecule has 6 nitrogen and oxygen atoms in total. The van der Waals surface area contributed by atoms with Crippen LogP contribution in [0.3, 0.4) is 0 Å². The maximum Gasteiger partial charge on any atom is 0.262 e. The van der Waals surface area contributed by atoms with Gasteiger partial charge in [0.2, 0.25) is 5.91 Å². The Kier molecular flexibility index (Phi) is 5.10. The minimum atomic E-state index is -3.99. The average Bonchev–Trinajstić information content (AvgIpc) is 3.02. The number of halogens is 1. The minimum absolute atomic E-state index is 0.0246. The number of carbonyl (C=O) groups excluding carboxylic acids is 1. The van der Waals surface area contributed by atoms with E-state index in [0.717, 1.165) is 11.6 Å². The summed E-state index contributed by atoms with van der Waals surface area (Å²) in [6.45, 7) is 6.10. The first-order valence-electron chi connectivity index (χ1n) is 8.84. The zero-order valence-corrected chi connectivity index (χ0v) is 17.1. The largest absolute Gasteiger partial charge is 0.494 e. The van der Waals surface area contributed by atoms with Crippen molar-refractivity contribution in [1.29, 1.82) is 0 Å². The maximum atomic E-state index is 13.9. The summed E-state index contributed by atoms with van der Waals surface area (Å²) >= 11 is 0. The fourth-order valence-corrected chi connectivity index (χ4v) is 4.15. The number of rotatable bonds is 4. The summed E-state index contributed by atoms with van der Waals surface area (Å²) in [6, 6.07) is 8.52. The lowest BCUT2D eigenvalue weighted by atomic mass is 9.94. The van der Waals surface area contributed by atoms with Crippen LogP contribution in [0.15, 0.2) is 41.3 Å². The van der Waals surface area contributed by atoms with Gasteiger partial charge in [0.15, 0.2) is 11.6 Å². The molecule has 0 spiro atoms. The molecular weight excluding hydrogens is 383 g/mol. The van der Waals surface area contributed by atoms with Gasteiger partial charge in [-0.25, -0.2) is 12.8 Å². The smallest absolute Gasteiger partial charge is 0.262 e. The van der Waals surface area contributed by atoms with Gasteiger partial charge in [0, 0.05) is 17.6 Å². The van der Waals surface area contributed by atoms with Crippen molar-refractivity contribution in [2.75, 3.05) is 23.3 Å². The van der Waals surface area contributed by atoms with E-state index in [-0.39, 0.29) is 16.6 Å². The van der Waals surface area contributed by atoms with E-state index in [0.29, 0.717) is 24.3 Å². The van der Waals surface area contributed by atoms with Crippen LogP contribution in [0.5, 0.6) is 5.75 Å².